The molecule has 0 spiro atoms. The summed E-state index contributed by atoms with van der Waals surface area (Å²) in [6.45, 7) is 0. The summed E-state index contributed by atoms with van der Waals surface area (Å²) in [4.78, 5) is 0. The van der Waals surface area contributed by atoms with Crippen LogP contribution in [0.5, 0.6) is 5.75 Å². The molecule has 0 aromatic heterocycles. The molecule has 3 rings (SSSR count). The van der Waals surface area contributed by atoms with E-state index < -0.39 is 5.82 Å². The summed E-state index contributed by atoms with van der Waals surface area (Å²) in [6.07, 6.45) is 4.63. The number of nitrogens with one attached hydrogen (secondary N) is 1. The molecule has 3 N–H and O–H groups in total. The molecule has 0 unspecified atom stereocenters. The summed E-state index contributed by atoms with van der Waals surface area (Å²) < 4.78 is 18.6. The molecule has 0 bridgehead atoms. The summed E-state index contributed by atoms with van der Waals surface area (Å²) in [5.74, 6) is -0.257. The first kappa shape index (κ1) is 13.7. The molecule has 0 aliphatic heterocycles. The number of aryl methyl sites for hydroxylation is 1. The van der Waals surface area contributed by atoms with Crippen LogP contribution in [0.4, 0.5) is 21.5 Å². The normalized spacial score (nSPS) is 13.6. The lowest BCUT2D eigenvalue weighted by Crippen LogP contribution is -2.07. The van der Waals surface area contributed by atoms with E-state index in [0.717, 1.165) is 18.5 Å². The van der Waals surface area contributed by atoms with Gasteiger partial charge in [-0.2, -0.15) is 0 Å². The van der Waals surface area contributed by atoms with Crippen LogP contribution in [0.25, 0.3) is 0 Å². The van der Waals surface area contributed by atoms with Gasteiger partial charge in [0.05, 0.1) is 18.5 Å². The number of nitrogens with two attached hydrogens (primary N) is 1. The van der Waals surface area contributed by atoms with Gasteiger partial charge in [-0.15, -0.1) is 0 Å². The third kappa shape index (κ3) is 2.66. The number of anilines is 3. The van der Waals surface area contributed by atoms with Crippen LogP contribution in [0.15, 0.2) is 30.3 Å². The second kappa shape index (κ2) is 5.64. The van der Waals surface area contributed by atoms with Gasteiger partial charge >= 0.3 is 0 Å². The van der Waals surface area contributed by atoms with Crippen molar-refractivity contribution in [2.24, 2.45) is 0 Å². The van der Waals surface area contributed by atoms with Crippen LogP contribution in [0.3, 0.4) is 0 Å². The van der Waals surface area contributed by atoms with Crippen molar-refractivity contribution in [1.82, 2.24) is 0 Å². The van der Waals surface area contributed by atoms with Crippen molar-refractivity contribution in [3.8, 4) is 5.75 Å². The molecule has 0 fully saturated rings. The molecule has 0 saturated heterocycles. The smallest absolute Gasteiger partial charge is 0.167 e. The third-order valence-electron chi connectivity index (χ3n) is 3.99. The van der Waals surface area contributed by atoms with Gasteiger partial charge in [0.1, 0.15) is 0 Å². The number of nitrogen functional groups attached to an aromatic ring is 1. The van der Waals surface area contributed by atoms with Gasteiger partial charge in [0.15, 0.2) is 11.6 Å². The van der Waals surface area contributed by atoms with Crippen LogP contribution in [0.1, 0.15) is 24.0 Å². The van der Waals surface area contributed by atoms with Gasteiger partial charge in [-0.3, -0.25) is 0 Å². The molecule has 21 heavy (non-hydrogen) atoms. The third-order valence-corrected chi connectivity index (χ3v) is 3.99. The SMILES string of the molecule is COc1cc(Nc2cccc3c2CCCC3)c(N)cc1F. The molecule has 0 atom stereocenters. The summed E-state index contributed by atoms with van der Waals surface area (Å²) in [5, 5.41) is 3.33. The van der Waals surface area contributed by atoms with Crippen LogP contribution in [0.2, 0.25) is 0 Å². The number of ether oxygens (including phenoxy) is 1. The minimum absolute atomic E-state index is 0.191. The Kier molecular flexibility index (Phi) is 3.69. The highest BCUT2D eigenvalue weighted by Gasteiger charge is 2.14. The predicted octanol–water partition coefficient (Wildman–Crippen LogP) is 4.04. The van der Waals surface area contributed by atoms with Gasteiger partial charge in [-0.05, 0) is 42.9 Å². The van der Waals surface area contributed by atoms with Gasteiger partial charge in [0.2, 0.25) is 0 Å². The van der Waals surface area contributed by atoms with Crippen molar-refractivity contribution in [1.29, 1.82) is 0 Å². The molecule has 2 aromatic rings. The minimum Gasteiger partial charge on any atom is -0.494 e. The molecule has 1 aliphatic rings. The van der Waals surface area contributed by atoms with Crippen LogP contribution in [0, 0.1) is 5.82 Å². The first-order valence-corrected chi connectivity index (χ1v) is 7.20. The van der Waals surface area contributed by atoms with Gasteiger partial charge in [0.25, 0.3) is 0 Å². The van der Waals surface area contributed by atoms with Crippen molar-refractivity contribution in [2.45, 2.75) is 25.7 Å². The second-order valence-corrected chi connectivity index (χ2v) is 5.35. The van der Waals surface area contributed by atoms with Crippen molar-refractivity contribution in [3.05, 3.63) is 47.3 Å². The molecule has 4 heteroatoms. The van der Waals surface area contributed by atoms with Crippen LogP contribution < -0.4 is 15.8 Å². The van der Waals surface area contributed by atoms with Gasteiger partial charge in [-0.1, -0.05) is 12.1 Å². The first-order valence-electron chi connectivity index (χ1n) is 7.20. The summed E-state index contributed by atoms with van der Waals surface area (Å²) >= 11 is 0. The Labute approximate surface area is 123 Å². The molecule has 0 heterocycles. The lowest BCUT2D eigenvalue weighted by atomic mass is 9.90. The quantitative estimate of drug-likeness (QED) is 0.837. The topological polar surface area (TPSA) is 47.3 Å². The second-order valence-electron chi connectivity index (χ2n) is 5.35. The molecule has 110 valence electrons. The lowest BCUT2D eigenvalue weighted by molar-refractivity contribution is 0.387. The minimum atomic E-state index is -0.448. The van der Waals surface area contributed by atoms with E-state index in [2.05, 4.69) is 11.4 Å². The fraction of sp³-hybridized carbons (Fsp3) is 0.294. The molecule has 0 saturated carbocycles. The Morgan fingerprint density at radius 1 is 1.14 bits per heavy atom. The van der Waals surface area contributed by atoms with Crippen LogP contribution in [-0.4, -0.2) is 7.11 Å². The Balaban J connectivity index is 1.97. The fourth-order valence-electron chi connectivity index (χ4n) is 2.88. The molecule has 1 aliphatic carbocycles. The summed E-state index contributed by atoms with van der Waals surface area (Å²) in [6, 6.07) is 9.15. The molecule has 3 nitrogen and oxygen atoms in total. The molecular weight excluding hydrogens is 267 g/mol. The van der Waals surface area contributed by atoms with E-state index >= 15 is 0 Å². The predicted molar refractivity (Wildman–Crippen MR) is 83.7 cm³/mol. The van der Waals surface area contributed by atoms with E-state index in [4.69, 9.17) is 10.5 Å². The highest BCUT2D eigenvalue weighted by molar-refractivity contribution is 5.76. The van der Waals surface area contributed by atoms with Crippen molar-refractivity contribution in [2.75, 3.05) is 18.2 Å². The zero-order valence-corrected chi connectivity index (χ0v) is 12.1. The van der Waals surface area contributed by atoms with E-state index in [-0.39, 0.29) is 5.75 Å². The zero-order valence-electron chi connectivity index (χ0n) is 12.1. The van der Waals surface area contributed by atoms with Crippen LogP contribution in [-0.2, 0) is 12.8 Å². The first-order chi connectivity index (χ1) is 10.2. The monoisotopic (exact) mass is 286 g/mol. The largest absolute Gasteiger partial charge is 0.494 e. The molecule has 0 amide bonds. The van der Waals surface area contributed by atoms with Crippen molar-refractivity contribution in [3.63, 3.8) is 0 Å². The van der Waals surface area contributed by atoms with E-state index in [0.29, 0.717) is 11.4 Å². The Hall–Kier alpha value is -2.23. The highest BCUT2D eigenvalue weighted by Crippen LogP contribution is 2.34. The van der Waals surface area contributed by atoms with E-state index in [1.54, 1.807) is 6.07 Å². The maximum atomic E-state index is 13.6. The summed E-state index contributed by atoms with van der Waals surface area (Å²) in [7, 11) is 1.45. The standard InChI is InChI=1S/C17H19FN2O/c1-21-17-10-16(14(19)9-13(17)18)20-15-8-4-6-11-5-2-3-7-12(11)15/h4,6,8-10,20H,2-3,5,7,19H2,1H3. The molecule has 0 radical (unpaired) electrons. The number of hydrogen-bond acceptors (Lipinski definition) is 3. The van der Waals surface area contributed by atoms with Gasteiger partial charge in [-0.25, -0.2) is 4.39 Å². The average Bonchev–Trinajstić information content (AvgIpc) is 2.50. The maximum absolute atomic E-state index is 13.6. The lowest BCUT2D eigenvalue weighted by Gasteiger charge is -2.21. The number of methoxy groups -OCH3 is 1. The number of halogens is 1. The average molecular weight is 286 g/mol. The Morgan fingerprint density at radius 3 is 2.76 bits per heavy atom. The van der Waals surface area contributed by atoms with E-state index in [9.17, 15) is 4.39 Å². The van der Waals surface area contributed by atoms with E-state index in [1.165, 1.54) is 37.1 Å². The van der Waals surface area contributed by atoms with Gasteiger partial charge < -0.3 is 15.8 Å². The molecular formula is C17H19FN2O. The van der Waals surface area contributed by atoms with E-state index in [1.807, 2.05) is 12.1 Å². The number of fused-ring (bicyclic) bond motifs is 1. The fourth-order valence-corrected chi connectivity index (χ4v) is 2.88. The van der Waals surface area contributed by atoms with Gasteiger partial charge in [0, 0.05) is 17.8 Å². The number of hydrogen-bond donors (Lipinski definition) is 2. The highest BCUT2D eigenvalue weighted by atomic mass is 19.1. The number of benzene rings is 2. The van der Waals surface area contributed by atoms with Crippen molar-refractivity contribution < 1.29 is 9.13 Å². The maximum Gasteiger partial charge on any atom is 0.167 e. The molecule has 2 aromatic carbocycles. The zero-order chi connectivity index (χ0) is 14.8. The van der Waals surface area contributed by atoms with Crippen LogP contribution >= 0.6 is 0 Å². The Morgan fingerprint density at radius 2 is 1.95 bits per heavy atom. The Bertz CT molecular complexity index is 670. The van der Waals surface area contributed by atoms with Crippen molar-refractivity contribution >= 4 is 17.1 Å². The number of rotatable bonds is 3. The summed E-state index contributed by atoms with van der Waals surface area (Å²) in [5.41, 5.74) is 10.7.